The topological polar surface area (TPSA) is 140 Å². The SMILES string of the molecule is C[C@@H](O)[C@H](NC(=O)c1ccc(-c2ccc(NC(=O)CNCCc3ccccc3F)cc2)cc1)C(=O)NO. The van der Waals surface area contributed by atoms with Gasteiger partial charge in [0, 0.05) is 11.3 Å². The van der Waals surface area contributed by atoms with E-state index in [2.05, 4.69) is 16.0 Å². The Morgan fingerprint density at radius 1 is 0.919 bits per heavy atom. The predicted molar refractivity (Wildman–Crippen MR) is 136 cm³/mol. The largest absolute Gasteiger partial charge is 0.391 e. The number of aliphatic hydroxyl groups is 1. The first-order valence-electron chi connectivity index (χ1n) is 11.7. The minimum atomic E-state index is -1.30. The molecule has 0 heterocycles. The summed E-state index contributed by atoms with van der Waals surface area (Å²) in [6.07, 6.45) is -0.724. The van der Waals surface area contributed by atoms with Gasteiger partial charge in [-0.3, -0.25) is 19.6 Å². The fraction of sp³-hybridized carbons (Fsp3) is 0.222. The number of hydrogen-bond donors (Lipinski definition) is 6. The maximum absolute atomic E-state index is 13.6. The van der Waals surface area contributed by atoms with Crippen LogP contribution in [0, 0.1) is 5.82 Å². The van der Waals surface area contributed by atoms with Crippen molar-refractivity contribution >= 4 is 23.4 Å². The molecule has 0 spiro atoms. The third-order valence-corrected chi connectivity index (χ3v) is 5.63. The minimum absolute atomic E-state index is 0.0929. The highest BCUT2D eigenvalue weighted by Gasteiger charge is 2.25. The second kappa shape index (κ2) is 13.3. The number of carbonyl (C=O) groups is 3. The summed E-state index contributed by atoms with van der Waals surface area (Å²) in [4.78, 5) is 36.2. The van der Waals surface area contributed by atoms with E-state index in [0.717, 1.165) is 11.1 Å². The molecule has 9 nitrogen and oxygen atoms in total. The summed E-state index contributed by atoms with van der Waals surface area (Å²) in [7, 11) is 0. The van der Waals surface area contributed by atoms with Crippen LogP contribution in [-0.2, 0) is 16.0 Å². The molecule has 0 bridgehead atoms. The Balaban J connectivity index is 1.50. The highest BCUT2D eigenvalue weighted by Crippen LogP contribution is 2.22. The second-order valence-electron chi connectivity index (χ2n) is 8.39. The minimum Gasteiger partial charge on any atom is -0.391 e. The number of carbonyl (C=O) groups excluding carboxylic acids is 3. The van der Waals surface area contributed by atoms with Crippen LogP contribution in [0.5, 0.6) is 0 Å². The maximum atomic E-state index is 13.6. The van der Waals surface area contributed by atoms with Crippen molar-refractivity contribution in [3.05, 3.63) is 89.7 Å². The molecule has 0 aliphatic rings. The van der Waals surface area contributed by atoms with Crippen LogP contribution < -0.4 is 21.4 Å². The fourth-order valence-corrected chi connectivity index (χ4v) is 3.59. The number of halogens is 1. The van der Waals surface area contributed by atoms with E-state index in [-0.39, 0.29) is 23.8 Å². The summed E-state index contributed by atoms with van der Waals surface area (Å²) < 4.78 is 13.6. The molecule has 0 aliphatic heterocycles. The van der Waals surface area contributed by atoms with Crippen LogP contribution in [-0.4, -0.2) is 53.3 Å². The van der Waals surface area contributed by atoms with Crippen molar-refractivity contribution in [3.63, 3.8) is 0 Å². The first-order valence-corrected chi connectivity index (χ1v) is 11.7. The average Bonchev–Trinajstić information content (AvgIpc) is 2.90. The Kier molecular flexibility index (Phi) is 9.84. The molecule has 10 heteroatoms. The normalized spacial score (nSPS) is 12.3. The number of rotatable bonds is 11. The number of benzene rings is 3. The number of aliphatic hydroxyl groups excluding tert-OH is 1. The molecule has 0 saturated carbocycles. The van der Waals surface area contributed by atoms with Gasteiger partial charge in [0.1, 0.15) is 11.9 Å². The van der Waals surface area contributed by atoms with Gasteiger partial charge in [0.25, 0.3) is 11.8 Å². The first kappa shape index (κ1) is 27.5. The Hall–Kier alpha value is -4.12. The standard InChI is InChI=1S/C27H29FN4O5/c1-17(33)25(27(36)32-37)31-26(35)21-8-6-18(7-9-21)19-10-12-22(13-11-19)30-24(34)16-29-15-14-20-4-2-3-5-23(20)28/h2-13,17,25,29,33,37H,14-16H2,1H3,(H,30,34)(H,31,35)(H,32,36)/t17-,25+/m1/s1. The Bertz CT molecular complexity index is 1220. The molecule has 37 heavy (non-hydrogen) atoms. The number of nitrogens with one attached hydrogen (secondary N) is 4. The van der Waals surface area contributed by atoms with Crippen LogP contribution in [0.25, 0.3) is 11.1 Å². The predicted octanol–water partition coefficient (Wildman–Crippen LogP) is 2.25. The van der Waals surface area contributed by atoms with Crippen LogP contribution in [0.2, 0.25) is 0 Å². The summed E-state index contributed by atoms with van der Waals surface area (Å²) in [6.45, 7) is 1.88. The van der Waals surface area contributed by atoms with Gasteiger partial charge >= 0.3 is 0 Å². The average molecular weight is 509 g/mol. The van der Waals surface area contributed by atoms with E-state index >= 15 is 0 Å². The van der Waals surface area contributed by atoms with E-state index in [9.17, 15) is 23.9 Å². The van der Waals surface area contributed by atoms with Gasteiger partial charge in [0.15, 0.2) is 0 Å². The molecule has 0 aliphatic carbocycles. The molecule has 0 unspecified atom stereocenters. The summed E-state index contributed by atoms with van der Waals surface area (Å²) in [5.41, 5.74) is 4.58. The van der Waals surface area contributed by atoms with Crippen molar-refractivity contribution in [2.45, 2.75) is 25.5 Å². The third-order valence-electron chi connectivity index (χ3n) is 5.63. The highest BCUT2D eigenvalue weighted by atomic mass is 19.1. The molecule has 194 valence electrons. The van der Waals surface area contributed by atoms with Crippen molar-refractivity contribution in [1.29, 1.82) is 0 Å². The molecule has 3 aromatic rings. The molecule has 0 saturated heterocycles. The lowest BCUT2D eigenvalue weighted by Crippen LogP contribution is -2.51. The van der Waals surface area contributed by atoms with Crippen LogP contribution >= 0.6 is 0 Å². The van der Waals surface area contributed by atoms with Crippen LogP contribution in [0.1, 0.15) is 22.8 Å². The van der Waals surface area contributed by atoms with Gasteiger partial charge in [0.2, 0.25) is 5.91 Å². The lowest BCUT2D eigenvalue weighted by atomic mass is 10.0. The Labute approximate surface area is 213 Å². The van der Waals surface area contributed by atoms with Crippen molar-refractivity contribution < 1.29 is 29.1 Å². The zero-order chi connectivity index (χ0) is 26.8. The smallest absolute Gasteiger partial charge is 0.268 e. The van der Waals surface area contributed by atoms with Gasteiger partial charge in [-0.15, -0.1) is 0 Å². The van der Waals surface area contributed by atoms with Gasteiger partial charge < -0.3 is 21.1 Å². The van der Waals surface area contributed by atoms with Crippen LogP contribution in [0.15, 0.2) is 72.8 Å². The highest BCUT2D eigenvalue weighted by molar-refractivity contribution is 5.98. The van der Waals surface area contributed by atoms with Gasteiger partial charge in [-0.05, 0) is 66.9 Å². The number of hydroxylamine groups is 1. The summed E-state index contributed by atoms with van der Waals surface area (Å²) in [5.74, 6) is -1.99. The molecule has 3 rings (SSSR count). The van der Waals surface area contributed by atoms with Crippen molar-refractivity contribution in [3.8, 4) is 11.1 Å². The van der Waals surface area contributed by atoms with Gasteiger partial charge in [-0.2, -0.15) is 0 Å². The lowest BCUT2D eigenvalue weighted by molar-refractivity contribution is -0.133. The monoisotopic (exact) mass is 508 g/mol. The van der Waals surface area contributed by atoms with Crippen molar-refractivity contribution in [1.82, 2.24) is 16.1 Å². The summed E-state index contributed by atoms with van der Waals surface area (Å²) >= 11 is 0. The van der Waals surface area contributed by atoms with Gasteiger partial charge in [-0.25, -0.2) is 9.87 Å². The van der Waals surface area contributed by atoms with E-state index in [1.807, 2.05) is 12.1 Å². The van der Waals surface area contributed by atoms with E-state index in [1.165, 1.54) is 18.5 Å². The van der Waals surface area contributed by atoms with Crippen molar-refractivity contribution in [2.75, 3.05) is 18.4 Å². The van der Waals surface area contributed by atoms with Crippen LogP contribution in [0.3, 0.4) is 0 Å². The van der Waals surface area contributed by atoms with Crippen molar-refractivity contribution in [2.24, 2.45) is 0 Å². The van der Waals surface area contributed by atoms with E-state index in [0.29, 0.717) is 24.2 Å². The molecule has 0 fully saturated rings. The first-order chi connectivity index (χ1) is 17.8. The summed E-state index contributed by atoms with van der Waals surface area (Å²) in [6, 6.07) is 19.0. The molecule has 6 N–H and O–H groups in total. The molecular formula is C27H29FN4O5. The van der Waals surface area contributed by atoms with Crippen LogP contribution in [0.4, 0.5) is 10.1 Å². The molecule has 3 amide bonds. The molecule has 3 aromatic carbocycles. The molecular weight excluding hydrogens is 479 g/mol. The zero-order valence-corrected chi connectivity index (χ0v) is 20.2. The molecule has 2 atom stereocenters. The van der Waals surface area contributed by atoms with Gasteiger partial charge in [0.05, 0.1) is 12.6 Å². The number of amides is 3. The van der Waals surface area contributed by atoms with E-state index in [4.69, 9.17) is 5.21 Å². The zero-order valence-electron chi connectivity index (χ0n) is 20.2. The lowest BCUT2D eigenvalue weighted by Gasteiger charge is -2.19. The number of hydrogen-bond acceptors (Lipinski definition) is 6. The Morgan fingerprint density at radius 2 is 1.54 bits per heavy atom. The Morgan fingerprint density at radius 3 is 2.14 bits per heavy atom. The van der Waals surface area contributed by atoms with E-state index < -0.39 is 24.0 Å². The number of anilines is 1. The molecule has 0 aromatic heterocycles. The van der Waals surface area contributed by atoms with Gasteiger partial charge in [-0.1, -0.05) is 42.5 Å². The quantitative estimate of drug-likeness (QED) is 0.133. The van der Waals surface area contributed by atoms with E-state index in [1.54, 1.807) is 54.6 Å². The third kappa shape index (κ3) is 7.94. The fourth-order valence-electron chi connectivity index (χ4n) is 3.59. The summed E-state index contributed by atoms with van der Waals surface area (Å²) in [5, 5.41) is 26.6. The second-order valence-corrected chi connectivity index (χ2v) is 8.39. The maximum Gasteiger partial charge on any atom is 0.268 e. The molecule has 0 radical (unpaired) electrons.